The molecule has 0 aliphatic heterocycles. The standard InChI is InChI=1S/C50H96O6/c1-5-7-9-11-13-15-17-18-19-20-21-27-31-35-39-43-50(53)56-47(44-54-48(51)41-37-33-29-25-16-14-12-10-8-6-2)45-55-49(52)42-38-34-30-26-23-22-24-28-32-36-40-46(3)4/h46-47H,5-45H2,1-4H3/t47-/m0/s1. The highest BCUT2D eigenvalue weighted by Crippen LogP contribution is 2.17. The number of unbranched alkanes of at least 4 members (excludes halogenated alkanes) is 32. The van der Waals surface area contributed by atoms with E-state index in [0.717, 1.165) is 63.7 Å². The molecule has 0 spiro atoms. The van der Waals surface area contributed by atoms with Gasteiger partial charge in [-0.25, -0.2) is 0 Å². The average Bonchev–Trinajstić information content (AvgIpc) is 3.18. The van der Waals surface area contributed by atoms with Crippen molar-refractivity contribution < 1.29 is 28.6 Å². The first kappa shape index (κ1) is 54.4. The predicted octanol–water partition coefficient (Wildman–Crippen LogP) is 15.9. The Kier molecular flexibility index (Phi) is 43.2. The smallest absolute Gasteiger partial charge is 0.306 e. The first-order valence-corrected chi connectivity index (χ1v) is 24.9. The van der Waals surface area contributed by atoms with Gasteiger partial charge in [0, 0.05) is 19.3 Å². The maximum Gasteiger partial charge on any atom is 0.306 e. The van der Waals surface area contributed by atoms with Crippen molar-refractivity contribution >= 4 is 17.9 Å². The van der Waals surface area contributed by atoms with E-state index in [2.05, 4.69) is 27.7 Å². The predicted molar refractivity (Wildman–Crippen MR) is 238 cm³/mol. The van der Waals surface area contributed by atoms with E-state index in [1.165, 1.54) is 173 Å². The molecule has 0 rings (SSSR count). The highest BCUT2D eigenvalue weighted by molar-refractivity contribution is 5.71. The van der Waals surface area contributed by atoms with Crippen LogP contribution in [0.3, 0.4) is 0 Å². The largest absolute Gasteiger partial charge is 0.462 e. The second-order valence-corrected chi connectivity index (χ2v) is 17.6. The van der Waals surface area contributed by atoms with Gasteiger partial charge in [0.25, 0.3) is 0 Å². The Morgan fingerprint density at radius 3 is 0.875 bits per heavy atom. The molecular formula is C50H96O6. The molecule has 332 valence electrons. The molecule has 0 aromatic rings. The lowest BCUT2D eigenvalue weighted by atomic mass is 10.0. The lowest BCUT2D eigenvalue weighted by Crippen LogP contribution is -2.30. The fourth-order valence-electron chi connectivity index (χ4n) is 7.51. The molecule has 0 aliphatic rings. The number of esters is 3. The van der Waals surface area contributed by atoms with Crippen molar-refractivity contribution in [1.82, 2.24) is 0 Å². The minimum Gasteiger partial charge on any atom is -0.462 e. The van der Waals surface area contributed by atoms with Gasteiger partial charge in [-0.15, -0.1) is 0 Å². The van der Waals surface area contributed by atoms with E-state index in [0.29, 0.717) is 19.3 Å². The van der Waals surface area contributed by atoms with Crippen molar-refractivity contribution in [3.05, 3.63) is 0 Å². The average molecular weight is 793 g/mol. The molecule has 0 bridgehead atoms. The molecule has 1 atom stereocenters. The summed E-state index contributed by atoms with van der Waals surface area (Å²) >= 11 is 0. The summed E-state index contributed by atoms with van der Waals surface area (Å²) in [4.78, 5) is 37.8. The van der Waals surface area contributed by atoms with E-state index >= 15 is 0 Å². The van der Waals surface area contributed by atoms with Gasteiger partial charge in [-0.1, -0.05) is 240 Å². The summed E-state index contributed by atoms with van der Waals surface area (Å²) in [5.41, 5.74) is 0. The lowest BCUT2D eigenvalue weighted by molar-refractivity contribution is -0.167. The normalized spacial score (nSPS) is 11.9. The molecule has 0 radical (unpaired) electrons. The van der Waals surface area contributed by atoms with Crippen molar-refractivity contribution in [2.24, 2.45) is 5.92 Å². The molecular weight excluding hydrogens is 697 g/mol. The van der Waals surface area contributed by atoms with E-state index in [1.807, 2.05) is 0 Å². The Labute approximate surface area is 348 Å². The molecule has 0 saturated carbocycles. The summed E-state index contributed by atoms with van der Waals surface area (Å²) in [5, 5.41) is 0. The Morgan fingerprint density at radius 2 is 0.589 bits per heavy atom. The molecule has 6 nitrogen and oxygen atoms in total. The maximum atomic E-state index is 12.8. The van der Waals surface area contributed by atoms with Gasteiger partial charge in [0.1, 0.15) is 13.2 Å². The number of rotatable bonds is 45. The van der Waals surface area contributed by atoms with E-state index < -0.39 is 6.10 Å². The number of hydrogen-bond acceptors (Lipinski definition) is 6. The van der Waals surface area contributed by atoms with Gasteiger partial charge in [0.2, 0.25) is 0 Å². The lowest BCUT2D eigenvalue weighted by Gasteiger charge is -2.18. The van der Waals surface area contributed by atoms with Gasteiger partial charge < -0.3 is 14.2 Å². The molecule has 56 heavy (non-hydrogen) atoms. The highest BCUT2D eigenvalue weighted by Gasteiger charge is 2.19. The second kappa shape index (κ2) is 44.5. The number of carbonyl (C=O) groups excluding carboxylic acids is 3. The summed E-state index contributed by atoms with van der Waals surface area (Å²) in [6, 6.07) is 0. The topological polar surface area (TPSA) is 78.9 Å². The molecule has 0 fully saturated rings. The van der Waals surface area contributed by atoms with Crippen molar-refractivity contribution in [1.29, 1.82) is 0 Å². The van der Waals surface area contributed by atoms with Gasteiger partial charge in [0.05, 0.1) is 0 Å². The van der Waals surface area contributed by atoms with Crippen molar-refractivity contribution in [2.75, 3.05) is 13.2 Å². The van der Waals surface area contributed by atoms with Crippen molar-refractivity contribution in [3.63, 3.8) is 0 Å². The summed E-state index contributed by atoms with van der Waals surface area (Å²) < 4.78 is 16.8. The Balaban J connectivity index is 4.30. The zero-order valence-electron chi connectivity index (χ0n) is 38.1. The van der Waals surface area contributed by atoms with E-state index in [4.69, 9.17) is 14.2 Å². The third-order valence-corrected chi connectivity index (χ3v) is 11.3. The summed E-state index contributed by atoms with van der Waals surface area (Å²) in [6.07, 6.45) is 45.1. The van der Waals surface area contributed by atoms with Gasteiger partial charge in [-0.2, -0.15) is 0 Å². The zero-order chi connectivity index (χ0) is 41.0. The minimum atomic E-state index is -0.759. The van der Waals surface area contributed by atoms with Crippen LogP contribution in [0.2, 0.25) is 0 Å². The fraction of sp³-hybridized carbons (Fsp3) is 0.940. The fourth-order valence-corrected chi connectivity index (χ4v) is 7.51. The van der Waals surface area contributed by atoms with E-state index in [1.54, 1.807) is 0 Å². The first-order chi connectivity index (χ1) is 27.4. The van der Waals surface area contributed by atoms with Crippen LogP contribution >= 0.6 is 0 Å². The second-order valence-electron chi connectivity index (χ2n) is 17.6. The molecule has 0 aromatic carbocycles. The van der Waals surface area contributed by atoms with E-state index in [9.17, 15) is 14.4 Å². The third kappa shape index (κ3) is 43.5. The molecule has 0 amide bonds. The van der Waals surface area contributed by atoms with Crippen LogP contribution in [0.5, 0.6) is 0 Å². The molecule has 0 heterocycles. The maximum absolute atomic E-state index is 12.8. The van der Waals surface area contributed by atoms with Crippen LogP contribution in [0.4, 0.5) is 0 Å². The van der Waals surface area contributed by atoms with Crippen LogP contribution in [-0.4, -0.2) is 37.2 Å². The minimum absolute atomic E-state index is 0.0633. The van der Waals surface area contributed by atoms with Crippen LogP contribution in [0.25, 0.3) is 0 Å². The van der Waals surface area contributed by atoms with Crippen LogP contribution in [0, 0.1) is 5.92 Å². The Hall–Kier alpha value is -1.59. The van der Waals surface area contributed by atoms with Gasteiger partial charge in [-0.05, 0) is 25.2 Å². The molecule has 0 N–H and O–H groups in total. The number of ether oxygens (including phenoxy) is 3. The molecule has 0 aliphatic carbocycles. The Morgan fingerprint density at radius 1 is 0.339 bits per heavy atom. The molecule has 0 unspecified atom stereocenters. The zero-order valence-corrected chi connectivity index (χ0v) is 38.1. The van der Waals surface area contributed by atoms with Crippen LogP contribution < -0.4 is 0 Å². The molecule has 0 saturated heterocycles. The summed E-state index contributed by atoms with van der Waals surface area (Å²) in [6.45, 7) is 9.00. The number of carbonyl (C=O) groups is 3. The number of hydrogen-bond donors (Lipinski definition) is 0. The van der Waals surface area contributed by atoms with Gasteiger partial charge in [0.15, 0.2) is 6.10 Å². The van der Waals surface area contributed by atoms with Crippen molar-refractivity contribution in [2.45, 2.75) is 284 Å². The van der Waals surface area contributed by atoms with Crippen LogP contribution in [-0.2, 0) is 28.6 Å². The summed E-state index contributed by atoms with van der Waals surface area (Å²) in [7, 11) is 0. The van der Waals surface area contributed by atoms with Gasteiger partial charge in [-0.3, -0.25) is 14.4 Å². The summed E-state index contributed by atoms with van der Waals surface area (Å²) in [5.74, 6) is -0.0302. The monoisotopic (exact) mass is 793 g/mol. The molecule has 0 aromatic heterocycles. The van der Waals surface area contributed by atoms with Gasteiger partial charge >= 0.3 is 17.9 Å². The Bertz CT molecular complexity index is 841. The SMILES string of the molecule is CCCCCCCCCCCCCCCCCC(=O)O[C@@H](COC(=O)CCCCCCCCCCCC)COC(=O)CCCCCCCCCCCCC(C)C. The highest BCUT2D eigenvalue weighted by atomic mass is 16.6. The van der Waals surface area contributed by atoms with Crippen molar-refractivity contribution in [3.8, 4) is 0 Å². The van der Waals surface area contributed by atoms with Crippen LogP contribution in [0.15, 0.2) is 0 Å². The first-order valence-electron chi connectivity index (χ1n) is 24.9. The third-order valence-electron chi connectivity index (χ3n) is 11.3. The van der Waals surface area contributed by atoms with Crippen LogP contribution in [0.1, 0.15) is 278 Å². The quantitative estimate of drug-likeness (QED) is 0.0347. The van der Waals surface area contributed by atoms with E-state index in [-0.39, 0.29) is 31.1 Å². The molecule has 6 heteroatoms.